The van der Waals surface area contributed by atoms with E-state index < -0.39 is 5.54 Å². The molecule has 4 N–H and O–H groups in total. The van der Waals surface area contributed by atoms with E-state index in [1.54, 1.807) is 0 Å². The van der Waals surface area contributed by atoms with Crippen molar-refractivity contribution in [2.45, 2.75) is 89.5 Å². The van der Waals surface area contributed by atoms with Gasteiger partial charge in [-0.25, -0.2) is 0 Å². The Balaban J connectivity index is 2.36. The number of amides is 1. The summed E-state index contributed by atoms with van der Waals surface area (Å²) in [5.74, 6) is 0.178. The lowest BCUT2D eigenvalue weighted by Gasteiger charge is -2.36. The van der Waals surface area contributed by atoms with Gasteiger partial charge in [0.05, 0.1) is 0 Å². The summed E-state index contributed by atoms with van der Waals surface area (Å²) in [5.41, 5.74) is 5.21. The van der Waals surface area contributed by atoms with E-state index >= 15 is 0 Å². The number of carbonyl (C=O) groups is 1. The normalized spacial score (nSPS) is 18.4. The van der Waals surface area contributed by atoms with E-state index in [0.29, 0.717) is 6.42 Å². The molecule has 1 rings (SSSR count). The molecule has 1 aliphatic rings. The molecule has 0 bridgehead atoms. The molecule has 5 heteroatoms. The molecule has 0 atom stereocenters. The number of amidine groups is 1. The zero-order valence-corrected chi connectivity index (χ0v) is 13.4. The lowest BCUT2D eigenvalue weighted by molar-refractivity contribution is -0.122. The molecule has 0 aliphatic heterocycles. The molecule has 0 saturated heterocycles. The average molecular weight is 297 g/mol. The highest BCUT2D eigenvalue weighted by Gasteiger charge is 2.37. The number of nitrogens with one attached hydrogen (secondary N) is 1. The number of oxime groups is 1. The predicted molar refractivity (Wildman–Crippen MR) is 85.4 cm³/mol. The molecule has 1 saturated carbocycles. The van der Waals surface area contributed by atoms with Crippen LogP contribution in [0.15, 0.2) is 5.16 Å². The molecule has 5 nitrogen and oxygen atoms in total. The second-order valence-electron chi connectivity index (χ2n) is 6.19. The zero-order valence-electron chi connectivity index (χ0n) is 13.4. The number of hydrogen-bond acceptors (Lipinski definition) is 3. The first-order chi connectivity index (χ1) is 10.1. The second-order valence-corrected chi connectivity index (χ2v) is 6.19. The Morgan fingerprint density at radius 1 is 1.14 bits per heavy atom. The van der Waals surface area contributed by atoms with Crippen LogP contribution in [0.3, 0.4) is 0 Å². The minimum Gasteiger partial charge on any atom is -0.409 e. The van der Waals surface area contributed by atoms with E-state index in [9.17, 15) is 4.79 Å². The summed E-state index contributed by atoms with van der Waals surface area (Å²) >= 11 is 0. The number of rotatable bonds is 9. The molecular weight excluding hydrogens is 266 g/mol. The lowest BCUT2D eigenvalue weighted by atomic mass is 9.80. The molecule has 0 aromatic heterocycles. The zero-order chi connectivity index (χ0) is 15.6. The van der Waals surface area contributed by atoms with Crippen molar-refractivity contribution in [3.8, 4) is 0 Å². The van der Waals surface area contributed by atoms with Crippen LogP contribution in [0.1, 0.15) is 84.0 Å². The summed E-state index contributed by atoms with van der Waals surface area (Å²) in [6.45, 7) is 2.20. The average Bonchev–Trinajstić information content (AvgIpc) is 2.50. The summed E-state index contributed by atoms with van der Waals surface area (Å²) < 4.78 is 0. The van der Waals surface area contributed by atoms with E-state index in [-0.39, 0.29) is 11.7 Å². The van der Waals surface area contributed by atoms with E-state index in [1.807, 2.05) is 0 Å². The predicted octanol–water partition coefficient (Wildman–Crippen LogP) is 3.30. The lowest BCUT2D eigenvalue weighted by Crippen LogP contribution is -2.58. The highest BCUT2D eigenvalue weighted by Crippen LogP contribution is 2.28. The molecule has 0 aromatic rings. The Bertz CT molecular complexity index is 336. The molecular formula is C16H31N3O2. The van der Waals surface area contributed by atoms with Crippen molar-refractivity contribution >= 4 is 11.7 Å². The molecule has 0 heterocycles. The van der Waals surface area contributed by atoms with E-state index in [2.05, 4.69) is 17.4 Å². The van der Waals surface area contributed by atoms with E-state index in [1.165, 1.54) is 25.7 Å². The van der Waals surface area contributed by atoms with Gasteiger partial charge in [-0.05, 0) is 19.3 Å². The highest BCUT2D eigenvalue weighted by molar-refractivity contribution is 5.94. The van der Waals surface area contributed by atoms with Crippen LogP contribution in [0.2, 0.25) is 0 Å². The van der Waals surface area contributed by atoms with Crippen molar-refractivity contribution in [1.82, 2.24) is 5.32 Å². The fraction of sp³-hybridized carbons (Fsp3) is 0.875. The van der Waals surface area contributed by atoms with Crippen molar-refractivity contribution in [1.29, 1.82) is 0 Å². The fourth-order valence-corrected chi connectivity index (χ4v) is 3.09. The van der Waals surface area contributed by atoms with Gasteiger partial charge >= 0.3 is 0 Å². The third-order valence-corrected chi connectivity index (χ3v) is 4.44. The van der Waals surface area contributed by atoms with Gasteiger partial charge in [-0.15, -0.1) is 0 Å². The van der Waals surface area contributed by atoms with Gasteiger partial charge in [-0.1, -0.05) is 63.4 Å². The van der Waals surface area contributed by atoms with Crippen molar-refractivity contribution in [2.24, 2.45) is 10.9 Å². The Hall–Kier alpha value is -1.26. The topological polar surface area (TPSA) is 87.7 Å². The first-order valence-corrected chi connectivity index (χ1v) is 8.43. The molecule has 0 aromatic carbocycles. The molecule has 0 spiro atoms. The molecule has 1 amide bonds. The largest absolute Gasteiger partial charge is 0.409 e. The Kier molecular flexibility index (Phi) is 8.16. The van der Waals surface area contributed by atoms with E-state index in [4.69, 9.17) is 10.9 Å². The first-order valence-electron chi connectivity index (χ1n) is 8.43. The number of carbonyl (C=O) groups excluding carboxylic acids is 1. The minimum absolute atomic E-state index is 0.0268. The van der Waals surface area contributed by atoms with Crippen LogP contribution in [0, 0.1) is 0 Å². The van der Waals surface area contributed by atoms with Gasteiger partial charge in [-0.2, -0.15) is 0 Å². The summed E-state index contributed by atoms with van der Waals surface area (Å²) in [7, 11) is 0. The molecule has 1 aliphatic carbocycles. The summed E-state index contributed by atoms with van der Waals surface area (Å²) in [6, 6.07) is 0. The molecule has 0 unspecified atom stereocenters. The van der Waals surface area contributed by atoms with Crippen LogP contribution >= 0.6 is 0 Å². The van der Waals surface area contributed by atoms with Crippen LogP contribution in [-0.2, 0) is 4.79 Å². The number of hydrogen-bond donors (Lipinski definition) is 3. The van der Waals surface area contributed by atoms with Crippen LogP contribution in [0.25, 0.3) is 0 Å². The molecule has 0 radical (unpaired) electrons. The van der Waals surface area contributed by atoms with E-state index in [0.717, 1.165) is 44.9 Å². The van der Waals surface area contributed by atoms with Gasteiger partial charge in [0.2, 0.25) is 5.91 Å². The number of nitrogens with two attached hydrogens (primary N) is 1. The van der Waals surface area contributed by atoms with Crippen LogP contribution < -0.4 is 11.1 Å². The quantitative estimate of drug-likeness (QED) is 0.200. The standard InChI is InChI=1S/C16H31N3O2/c1-2-3-4-5-6-8-11-14(20)18-16(15(17)19-21)12-9-7-10-13-16/h21H,2-13H2,1H3,(H2,17,19)(H,18,20). The van der Waals surface area contributed by atoms with Crippen molar-refractivity contribution < 1.29 is 10.0 Å². The van der Waals surface area contributed by atoms with Gasteiger partial charge < -0.3 is 16.3 Å². The van der Waals surface area contributed by atoms with Gasteiger partial charge in [0.15, 0.2) is 5.84 Å². The number of unbranched alkanes of at least 4 members (excludes halogenated alkanes) is 5. The van der Waals surface area contributed by atoms with Gasteiger partial charge in [0.1, 0.15) is 5.54 Å². The van der Waals surface area contributed by atoms with Crippen LogP contribution in [-0.4, -0.2) is 22.5 Å². The van der Waals surface area contributed by atoms with Crippen LogP contribution in [0.4, 0.5) is 0 Å². The van der Waals surface area contributed by atoms with Crippen molar-refractivity contribution in [2.75, 3.05) is 0 Å². The summed E-state index contributed by atoms with van der Waals surface area (Å²) in [4.78, 5) is 12.1. The van der Waals surface area contributed by atoms with Gasteiger partial charge in [0.25, 0.3) is 0 Å². The maximum Gasteiger partial charge on any atom is 0.220 e. The minimum atomic E-state index is -0.619. The smallest absolute Gasteiger partial charge is 0.220 e. The Morgan fingerprint density at radius 3 is 2.38 bits per heavy atom. The fourth-order valence-electron chi connectivity index (χ4n) is 3.09. The summed E-state index contributed by atoms with van der Waals surface area (Å²) in [5, 5.41) is 15.2. The molecule has 1 fully saturated rings. The summed E-state index contributed by atoms with van der Waals surface area (Å²) in [6.07, 6.45) is 12.2. The maximum atomic E-state index is 12.1. The SMILES string of the molecule is CCCCCCCCC(=O)NC1(C(N)=NO)CCCCC1. The third-order valence-electron chi connectivity index (χ3n) is 4.44. The Morgan fingerprint density at radius 2 is 1.76 bits per heavy atom. The van der Waals surface area contributed by atoms with Crippen molar-refractivity contribution in [3.63, 3.8) is 0 Å². The van der Waals surface area contributed by atoms with Gasteiger partial charge in [0, 0.05) is 6.42 Å². The third kappa shape index (κ3) is 5.94. The maximum absolute atomic E-state index is 12.1. The molecule has 122 valence electrons. The van der Waals surface area contributed by atoms with Crippen LogP contribution in [0.5, 0.6) is 0 Å². The van der Waals surface area contributed by atoms with Crippen molar-refractivity contribution in [3.05, 3.63) is 0 Å². The first kappa shape index (κ1) is 17.8. The van der Waals surface area contributed by atoms with Gasteiger partial charge in [-0.3, -0.25) is 4.79 Å². The molecule has 21 heavy (non-hydrogen) atoms. The highest BCUT2D eigenvalue weighted by atomic mass is 16.4. The second kappa shape index (κ2) is 9.64. The monoisotopic (exact) mass is 297 g/mol. The Labute approximate surface area is 128 Å². The number of nitrogens with zero attached hydrogens (tertiary/aromatic N) is 1.